The van der Waals surface area contributed by atoms with E-state index in [1.165, 1.54) is 6.92 Å². The Morgan fingerprint density at radius 1 is 1.12 bits per heavy atom. The number of benzene rings is 1. The largest absolute Gasteiger partial charge is 0.394 e. The van der Waals surface area contributed by atoms with Crippen LogP contribution in [-0.4, -0.2) is 46.8 Å². The zero-order valence-corrected chi connectivity index (χ0v) is 14.5. The van der Waals surface area contributed by atoms with Gasteiger partial charge in [0.2, 0.25) is 5.91 Å². The molecule has 0 saturated carbocycles. The Morgan fingerprint density at radius 3 is 2.25 bits per heavy atom. The molecule has 0 heterocycles. The van der Waals surface area contributed by atoms with Crippen molar-refractivity contribution < 1.29 is 19.8 Å². The van der Waals surface area contributed by atoms with Crippen molar-refractivity contribution in [3.05, 3.63) is 35.9 Å². The first-order valence-electron chi connectivity index (χ1n) is 8.23. The van der Waals surface area contributed by atoms with Gasteiger partial charge in [-0.25, -0.2) is 0 Å². The maximum Gasteiger partial charge on any atom is 0.251 e. The molecule has 0 aliphatic heterocycles. The van der Waals surface area contributed by atoms with Crippen LogP contribution in [0.4, 0.5) is 0 Å². The van der Waals surface area contributed by atoms with Gasteiger partial charge >= 0.3 is 0 Å². The summed E-state index contributed by atoms with van der Waals surface area (Å²) in [6.45, 7) is 5.12. The molecule has 134 valence electrons. The maximum absolute atomic E-state index is 12.3. The minimum absolute atomic E-state index is 0.194. The molecule has 4 N–H and O–H groups in total. The lowest BCUT2D eigenvalue weighted by molar-refractivity contribution is -0.133. The van der Waals surface area contributed by atoms with E-state index in [4.69, 9.17) is 0 Å². The summed E-state index contributed by atoms with van der Waals surface area (Å²) < 4.78 is 0. The third-order valence-electron chi connectivity index (χ3n) is 3.66. The number of aliphatic hydroxyl groups excluding tert-OH is 2. The van der Waals surface area contributed by atoms with Crippen LogP contribution >= 0.6 is 0 Å². The fourth-order valence-electron chi connectivity index (χ4n) is 2.59. The Kier molecular flexibility index (Phi) is 8.43. The molecule has 6 nitrogen and oxygen atoms in total. The van der Waals surface area contributed by atoms with E-state index in [2.05, 4.69) is 10.6 Å². The molecule has 0 fully saturated rings. The van der Waals surface area contributed by atoms with Crippen molar-refractivity contribution in [1.29, 1.82) is 0 Å². The van der Waals surface area contributed by atoms with Crippen molar-refractivity contribution in [3.63, 3.8) is 0 Å². The van der Waals surface area contributed by atoms with Gasteiger partial charge in [0, 0.05) is 6.92 Å². The summed E-state index contributed by atoms with van der Waals surface area (Å²) in [5.41, 5.74) is 0.906. The van der Waals surface area contributed by atoms with Gasteiger partial charge in [-0.3, -0.25) is 9.59 Å². The lowest BCUT2D eigenvalue weighted by atomic mass is 9.99. The van der Waals surface area contributed by atoms with Gasteiger partial charge in [0.05, 0.1) is 18.7 Å². The minimum Gasteiger partial charge on any atom is -0.394 e. The number of amides is 2. The van der Waals surface area contributed by atoms with E-state index in [9.17, 15) is 19.8 Å². The molecule has 0 aliphatic rings. The Labute approximate surface area is 143 Å². The van der Waals surface area contributed by atoms with Gasteiger partial charge in [0.1, 0.15) is 0 Å². The fraction of sp³-hybridized carbons (Fsp3) is 0.556. The highest BCUT2D eigenvalue weighted by molar-refractivity contribution is 5.83. The summed E-state index contributed by atoms with van der Waals surface area (Å²) in [7, 11) is 0. The van der Waals surface area contributed by atoms with Crippen LogP contribution in [0.15, 0.2) is 30.3 Å². The molecule has 0 radical (unpaired) electrons. The zero-order valence-electron chi connectivity index (χ0n) is 14.5. The predicted octanol–water partition coefficient (Wildman–Crippen LogP) is 0.618. The number of rotatable bonds is 9. The first-order chi connectivity index (χ1) is 11.3. The number of hydrogen-bond donors (Lipinski definition) is 4. The lowest BCUT2D eigenvalue weighted by Crippen LogP contribution is -2.53. The molecule has 0 spiro atoms. The zero-order chi connectivity index (χ0) is 18.1. The van der Waals surface area contributed by atoms with Crippen LogP contribution in [-0.2, 0) is 16.0 Å². The molecule has 6 heteroatoms. The highest BCUT2D eigenvalue weighted by Gasteiger charge is 2.28. The van der Waals surface area contributed by atoms with Gasteiger partial charge in [0.15, 0.2) is 6.10 Å². The van der Waals surface area contributed by atoms with Crippen LogP contribution in [0, 0.1) is 5.92 Å². The smallest absolute Gasteiger partial charge is 0.251 e. The molecule has 1 rings (SSSR count). The van der Waals surface area contributed by atoms with Crippen molar-refractivity contribution in [3.8, 4) is 0 Å². The average molecular weight is 336 g/mol. The quantitative estimate of drug-likeness (QED) is 0.531. The third kappa shape index (κ3) is 7.10. The van der Waals surface area contributed by atoms with E-state index in [-0.39, 0.29) is 12.5 Å². The van der Waals surface area contributed by atoms with Gasteiger partial charge in [-0.15, -0.1) is 0 Å². The molecular weight excluding hydrogens is 308 g/mol. The van der Waals surface area contributed by atoms with Crippen LogP contribution in [0.2, 0.25) is 0 Å². The normalized spacial score (nSPS) is 14.8. The van der Waals surface area contributed by atoms with Crippen molar-refractivity contribution in [2.75, 3.05) is 6.61 Å². The topological polar surface area (TPSA) is 98.7 Å². The summed E-state index contributed by atoms with van der Waals surface area (Å²) in [5.74, 6) is -0.608. The van der Waals surface area contributed by atoms with Crippen molar-refractivity contribution in [2.24, 2.45) is 5.92 Å². The number of carbonyl (C=O) groups excluding carboxylic acids is 2. The van der Waals surface area contributed by atoms with Crippen LogP contribution in [0.5, 0.6) is 0 Å². The number of nitrogens with one attached hydrogen (secondary N) is 2. The van der Waals surface area contributed by atoms with Crippen LogP contribution < -0.4 is 10.6 Å². The van der Waals surface area contributed by atoms with Crippen molar-refractivity contribution in [2.45, 2.75) is 51.8 Å². The number of hydrogen-bond acceptors (Lipinski definition) is 4. The molecular formula is C18H28N2O4. The van der Waals surface area contributed by atoms with Crippen molar-refractivity contribution in [1.82, 2.24) is 10.6 Å². The molecule has 0 aromatic heterocycles. The Bertz CT molecular complexity index is 519. The molecule has 1 aromatic carbocycles. The first kappa shape index (κ1) is 20.1. The van der Waals surface area contributed by atoms with Gasteiger partial charge < -0.3 is 20.8 Å². The van der Waals surface area contributed by atoms with E-state index >= 15 is 0 Å². The molecule has 3 atom stereocenters. The Hall–Kier alpha value is -1.92. The summed E-state index contributed by atoms with van der Waals surface area (Å²) in [6.07, 6.45) is -0.447. The Balaban J connectivity index is 2.76. The van der Waals surface area contributed by atoms with Crippen LogP contribution in [0.25, 0.3) is 0 Å². The van der Waals surface area contributed by atoms with Crippen LogP contribution in [0.1, 0.15) is 32.8 Å². The number of aliphatic hydroxyl groups is 2. The van der Waals surface area contributed by atoms with E-state index in [1.54, 1.807) is 0 Å². The van der Waals surface area contributed by atoms with Crippen molar-refractivity contribution >= 4 is 11.8 Å². The SMILES string of the molecule is CC(=O)N[C@H](Cc1ccccc1)[C@H](O)C(=O)N[C@H](CO)CC(C)C. The highest BCUT2D eigenvalue weighted by Crippen LogP contribution is 2.09. The second-order valence-corrected chi connectivity index (χ2v) is 6.46. The fourth-order valence-corrected chi connectivity index (χ4v) is 2.59. The number of carbonyl (C=O) groups is 2. The minimum atomic E-state index is -1.39. The molecule has 0 saturated heterocycles. The average Bonchev–Trinajstić information content (AvgIpc) is 2.52. The summed E-state index contributed by atoms with van der Waals surface area (Å²) in [6, 6.07) is 8.18. The molecule has 1 aromatic rings. The van der Waals surface area contributed by atoms with E-state index in [0.717, 1.165) is 5.56 Å². The molecule has 0 unspecified atom stereocenters. The molecule has 0 aliphatic carbocycles. The summed E-state index contributed by atoms with van der Waals surface area (Å²) in [4.78, 5) is 23.7. The molecule has 2 amide bonds. The first-order valence-corrected chi connectivity index (χ1v) is 8.23. The third-order valence-corrected chi connectivity index (χ3v) is 3.66. The summed E-state index contributed by atoms with van der Waals surface area (Å²) in [5, 5.41) is 25.0. The van der Waals surface area contributed by atoms with Gasteiger partial charge in [-0.2, -0.15) is 0 Å². The second kappa shape index (κ2) is 10.1. The van der Waals surface area contributed by atoms with E-state index in [0.29, 0.717) is 18.8 Å². The lowest BCUT2D eigenvalue weighted by Gasteiger charge is -2.26. The van der Waals surface area contributed by atoms with Crippen LogP contribution in [0.3, 0.4) is 0 Å². The highest BCUT2D eigenvalue weighted by atomic mass is 16.3. The van der Waals surface area contributed by atoms with E-state index < -0.39 is 24.1 Å². The van der Waals surface area contributed by atoms with Gasteiger partial charge in [-0.1, -0.05) is 44.2 Å². The van der Waals surface area contributed by atoms with E-state index in [1.807, 2.05) is 44.2 Å². The standard InChI is InChI=1S/C18H28N2O4/c1-12(2)9-15(11-21)20-18(24)17(23)16(19-13(3)22)10-14-7-5-4-6-8-14/h4-8,12,15-17,21,23H,9-11H2,1-3H3,(H,19,22)(H,20,24)/t15-,16+,17-/m0/s1. The molecule has 24 heavy (non-hydrogen) atoms. The predicted molar refractivity (Wildman–Crippen MR) is 92.2 cm³/mol. The Morgan fingerprint density at radius 2 is 1.75 bits per heavy atom. The second-order valence-electron chi connectivity index (χ2n) is 6.46. The monoisotopic (exact) mass is 336 g/mol. The summed E-state index contributed by atoms with van der Waals surface area (Å²) >= 11 is 0. The van der Waals surface area contributed by atoms with Gasteiger partial charge in [0.25, 0.3) is 5.91 Å². The maximum atomic E-state index is 12.3. The molecule has 0 bridgehead atoms. The van der Waals surface area contributed by atoms with Gasteiger partial charge in [-0.05, 0) is 24.3 Å².